The zero-order valence-corrected chi connectivity index (χ0v) is 53.8. The SMILES string of the molecule is CCCC(C)C(=O)OC(CCCCC(C)C(CC)OC)CC(Cc1ccc(O[C@H]2OC(C)[C@@H](OC)C(O[C@H]3OC(C)[C@@H](O)C(O[C@H]4OC(C)[C@H](OC(C)=O)C(O[C@H]5CC(O)[C@H](OC)C(C)O5)C4OC)C3OC)C2OC)cc1)OC(=O)C(C)CCC. The first kappa shape index (κ1) is 72.6. The fourth-order valence-electron chi connectivity index (χ4n) is 12.4. The Balaban J connectivity index is 1.34. The number of ether oxygens (including phenoxy) is 17. The lowest BCUT2D eigenvalue weighted by Crippen LogP contribution is -2.67. The van der Waals surface area contributed by atoms with Crippen molar-refractivity contribution in [1.82, 2.24) is 0 Å². The van der Waals surface area contributed by atoms with Gasteiger partial charge in [-0.3, -0.25) is 14.4 Å². The standard InChI is InChI=1S/C63H106O22/c1-18-23-35(5)59(67)80-44(26-22-21-25-34(4)47(20-3)69-12)32-45(81-60(68)36(6)24-19-2)31-42-27-29-43(30-28-42)82-61-57(73-16)54(51(71-14)39(9)77-61)85-62-56(72-15)53(49(66)37(7)76-62)84-63-58(74-17)55(52(40(10)78-63)79-41(11)64)83-48-33-46(65)50(70-13)38(8)75-48/h27-30,34-40,44-58,61-63,65-66H,18-26,31-33H2,1-17H3/t34?,35?,36?,37?,38?,39?,40?,44?,45?,46?,47?,48-,49+,50+,51+,52-,53?,54?,55?,56?,57?,58?,61+,62+,63+/m0/s1. The molecular formula is C63H106O22. The number of esters is 3. The van der Waals surface area contributed by atoms with Crippen molar-refractivity contribution in [2.24, 2.45) is 17.8 Å². The van der Waals surface area contributed by atoms with E-state index in [1.165, 1.54) is 42.5 Å². The maximum absolute atomic E-state index is 13.6. The number of methoxy groups -OCH3 is 6. The van der Waals surface area contributed by atoms with E-state index in [4.69, 9.17) is 80.5 Å². The lowest BCUT2D eigenvalue weighted by molar-refractivity contribution is -0.384. The molecule has 0 amide bonds. The molecule has 0 spiro atoms. The van der Waals surface area contributed by atoms with Gasteiger partial charge in [-0.05, 0) is 89.8 Å². The van der Waals surface area contributed by atoms with Crippen LogP contribution in [0.2, 0.25) is 0 Å². The van der Waals surface area contributed by atoms with Crippen molar-refractivity contribution in [3.05, 3.63) is 29.8 Å². The van der Waals surface area contributed by atoms with Gasteiger partial charge in [-0.2, -0.15) is 0 Å². The van der Waals surface area contributed by atoms with Crippen LogP contribution in [0.25, 0.3) is 0 Å². The summed E-state index contributed by atoms with van der Waals surface area (Å²) in [5.41, 5.74) is 0.872. The van der Waals surface area contributed by atoms with Gasteiger partial charge in [-0.15, -0.1) is 0 Å². The lowest BCUT2D eigenvalue weighted by Gasteiger charge is -2.50. The monoisotopic (exact) mass is 1210 g/mol. The van der Waals surface area contributed by atoms with Gasteiger partial charge in [0.1, 0.15) is 72.9 Å². The summed E-state index contributed by atoms with van der Waals surface area (Å²) in [6, 6.07) is 7.44. The topological polar surface area (TPSA) is 249 Å². The van der Waals surface area contributed by atoms with Gasteiger partial charge in [0.25, 0.3) is 0 Å². The van der Waals surface area contributed by atoms with Gasteiger partial charge >= 0.3 is 17.9 Å². The van der Waals surface area contributed by atoms with Gasteiger partial charge < -0.3 is 90.7 Å². The summed E-state index contributed by atoms with van der Waals surface area (Å²) in [5, 5.41) is 22.7. The highest BCUT2D eigenvalue weighted by atomic mass is 16.8. The average Bonchev–Trinajstić information content (AvgIpc) is 3.18. The van der Waals surface area contributed by atoms with Crippen LogP contribution >= 0.6 is 0 Å². The second kappa shape index (κ2) is 35.9. The second-order valence-corrected chi connectivity index (χ2v) is 23.7. The molecule has 4 aliphatic rings. The number of benzene rings is 1. The Morgan fingerprint density at radius 1 is 0.565 bits per heavy atom. The molecule has 4 aliphatic heterocycles. The Labute approximate surface area is 505 Å². The maximum Gasteiger partial charge on any atom is 0.308 e. The number of aliphatic hydroxyl groups is 2. The van der Waals surface area contributed by atoms with E-state index in [0.717, 1.165) is 50.5 Å². The van der Waals surface area contributed by atoms with Crippen LogP contribution in [0.4, 0.5) is 0 Å². The molecule has 1 aromatic carbocycles. The minimum Gasteiger partial charge on any atom is -0.462 e. The Kier molecular flexibility index (Phi) is 30.6. The van der Waals surface area contributed by atoms with Crippen molar-refractivity contribution in [3.8, 4) is 5.75 Å². The fourth-order valence-corrected chi connectivity index (χ4v) is 12.4. The largest absolute Gasteiger partial charge is 0.462 e. The van der Waals surface area contributed by atoms with Crippen molar-refractivity contribution in [3.63, 3.8) is 0 Å². The van der Waals surface area contributed by atoms with Gasteiger partial charge in [0.15, 0.2) is 25.0 Å². The first-order chi connectivity index (χ1) is 40.6. The summed E-state index contributed by atoms with van der Waals surface area (Å²) in [4.78, 5) is 39.5. The highest BCUT2D eigenvalue weighted by Crippen LogP contribution is 2.38. The van der Waals surface area contributed by atoms with Gasteiger partial charge in [0, 0.05) is 68.8 Å². The van der Waals surface area contributed by atoms with Crippen molar-refractivity contribution in [1.29, 1.82) is 0 Å². The van der Waals surface area contributed by atoms with Crippen molar-refractivity contribution < 1.29 is 105 Å². The minimum atomic E-state index is -1.29. The van der Waals surface area contributed by atoms with E-state index in [1.807, 2.05) is 58.9 Å². The molecule has 1 aromatic rings. The van der Waals surface area contributed by atoms with E-state index in [0.29, 0.717) is 37.4 Å². The molecule has 5 rings (SSSR count). The molecule has 0 aromatic heterocycles. The summed E-state index contributed by atoms with van der Waals surface area (Å²) in [6.45, 7) is 20.4. The summed E-state index contributed by atoms with van der Waals surface area (Å²) >= 11 is 0. The quantitative estimate of drug-likeness (QED) is 0.0383. The predicted octanol–water partition coefficient (Wildman–Crippen LogP) is 7.57. The molecule has 4 heterocycles. The summed E-state index contributed by atoms with van der Waals surface area (Å²) in [5.74, 6) is -0.826. The van der Waals surface area contributed by atoms with E-state index in [2.05, 4.69) is 13.8 Å². The highest BCUT2D eigenvalue weighted by molar-refractivity contribution is 5.72. The molecule has 490 valence electrons. The molecule has 2 N–H and O–H groups in total. The van der Waals surface area contributed by atoms with Crippen LogP contribution in [0, 0.1) is 17.8 Å². The van der Waals surface area contributed by atoms with Gasteiger partial charge in [-0.25, -0.2) is 0 Å². The van der Waals surface area contributed by atoms with E-state index < -0.39 is 135 Å². The molecule has 0 saturated carbocycles. The zero-order chi connectivity index (χ0) is 62.7. The first-order valence-electron chi connectivity index (χ1n) is 31.0. The summed E-state index contributed by atoms with van der Waals surface area (Å²) in [7, 11) is 9.15. The van der Waals surface area contributed by atoms with E-state index in [-0.39, 0.29) is 36.3 Å². The Morgan fingerprint density at radius 3 is 1.60 bits per heavy atom. The zero-order valence-electron chi connectivity index (χ0n) is 53.8. The number of carbonyl (C=O) groups excluding carboxylic acids is 3. The predicted molar refractivity (Wildman–Crippen MR) is 310 cm³/mol. The van der Waals surface area contributed by atoms with Crippen LogP contribution in [-0.2, 0) is 96.6 Å². The number of hydrogen-bond donors (Lipinski definition) is 2. The summed E-state index contributed by atoms with van der Waals surface area (Å²) < 4.78 is 106. The molecule has 22 heteroatoms. The van der Waals surface area contributed by atoms with Crippen LogP contribution < -0.4 is 4.74 Å². The van der Waals surface area contributed by atoms with Crippen molar-refractivity contribution in [2.45, 2.75) is 288 Å². The van der Waals surface area contributed by atoms with Gasteiger partial charge in [0.2, 0.25) is 6.29 Å². The first-order valence-corrected chi connectivity index (χ1v) is 31.0. The Morgan fingerprint density at radius 2 is 1.06 bits per heavy atom. The number of aliphatic hydroxyl groups excluding tert-OH is 2. The molecule has 4 fully saturated rings. The molecule has 25 atom stereocenters. The molecule has 0 radical (unpaired) electrons. The highest BCUT2D eigenvalue weighted by Gasteiger charge is 2.56. The summed E-state index contributed by atoms with van der Waals surface area (Å²) in [6.07, 6.45) is -10.7. The number of hydrogen-bond acceptors (Lipinski definition) is 22. The third kappa shape index (κ3) is 20.2. The molecule has 4 saturated heterocycles. The molecule has 17 unspecified atom stereocenters. The van der Waals surface area contributed by atoms with Crippen LogP contribution in [-0.4, -0.2) is 206 Å². The molecule has 0 aliphatic carbocycles. The third-order valence-electron chi connectivity index (χ3n) is 17.2. The number of unbranched alkanes of at least 4 members (excludes halogenated alkanes) is 1. The molecular weight excluding hydrogens is 1110 g/mol. The van der Waals surface area contributed by atoms with E-state index in [1.54, 1.807) is 27.9 Å². The molecule has 22 nitrogen and oxygen atoms in total. The lowest BCUT2D eigenvalue weighted by atomic mass is 9.94. The Hall–Kier alpha value is -3.17. The molecule has 85 heavy (non-hydrogen) atoms. The van der Waals surface area contributed by atoms with Crippen LogP contribution in [0.5, 0.6) is 5.75 Å². The van der Waals surface area contributed by atoms with Crippen molar-refractivity contribution >= 4 is 17.9 Å². The van der Waals surface area contributed by atoms with Gasteiger partial charge in [0.05, 0.1) is 48.5 Å². The van der Waals surface area contributed by atoms with Crippen molar-refractivity contribution in [2.75, 3.05) is 42.7 Å². The fraction of sp³-hybridized carbons (Fsp3) is 0.857. The van der Waals surface area contributed by atoms with Crippen LogP contribution in [0.1, 0.15) is 152 Å². The van der Waals surface area contributed by atoms with E-state index >= 15 is 0 Å². The smallest absolute Gasteiger partial charge is 0.308 e. The van der Waals surface area contributed by atoms with Crippen LogP contribution in [0.3, 0.4) is 0 Å². The molecule has 0 bridgehead atoms. The average molecular weight is 1220 g/mol. The normalized spacial score (nSPS) is 34.7. The number of carbonyl (C=O) groups is 3. The number of rotatable bonds is 34. The maximum atomic E-state index is 13.6. The second-order valence-electron chi connectivity index (χ2n) is 23.7. The van der Waals surface area contributed by atoms with Crippen LogP contribution in [0.15, 0.2) is 24.3 Å². The minimum absolute atomic E-state index is 0.0507. The Bertz CT molecular complexity index is 2070. The third-order valence-corrected chi connectivity index (χ3v) is 17.2. The van der Waals surface area contributed by atoms with Gasteiger partial charge in [-0.1, -0.05) is 72.9 Å². The van der Waals surface area contributed by atoms with E-state index in [9.17, 15) is 24.6 Å².